The molecular formula is C22H34O6. The molecule has 1 rings (SSSR count). The Balaban J connectivity index is 2.29. The predicted octanol–water partition coefficient (Wildman–Crippen LogP) is 2.90. The van der Waals surface area contributed by atoms with E-state index in [1.807, 2.05) is 43.4 Å². The molecule has 158 valence electrons. The number of aliphatic carboxylic acids is 1. The first kappa shape index (κ1) is 24.3. The number of hydrogen-bond donors (Lipinski definition) is 4. The van der Waals surface area contributed by atoms with E-state index in [2.05, 4.69) is 0 Å². The Morgan fingerprint density at radius 2 is 1.82 bits per heavy atom. The molecule has 1 aliphatic heterocycles. The average molecular weight is 395 g/mol. The quantitative estimate of drug-likeness (QED) is 0.358. The van der Waals surface area contributed by atoms with Gasteiger partial charge in [0.1, 0.15) is 6.10 Å². The zero-order valence-corrected chi connectivity index (χ0v) is 16.6. The van der Waals surface area contributed by atoms with Crippen molar-refractivity contribution < 1.29 is 30.0 Å². The molecule has 6 heteroatoms. The fourth-order valence-electron chi connectivity index (χ4n) is 2.84. The van der Waals surface area contributed by atoms with Gasteiger partial charge in [-0.1, -0.05) is 55.5 Å². The largest absolute Gasteiger partial charge is 0.481 e. The van der Waals surface area contributed by atoms with E-state index in [-0.39, 0.29) is 6.42 Å². The van der Waals surface area contributed by atoms with Crippen LogP contribution in [0.4, 0.5) is 0 Å². The molecule has 28 heavy (non-hydrogen) atoms. The predicted molar refractivity (Wildman–Crippen MR) is 109 cm³/mol. The first-order valence-corrected chi connectivity index (χ1v) is 9.98. The van der Waals surface area contributed by atoms with E-state index in [0.29, 0.717) is 32.1 Å². The second kappa shape index (κ2) is 14.3. The molecule has 0 amide bonds. The monoisotopic (exact) mass is 394 g/mol. The smallest absolute Gasteiger partial charge is 0.303 e. The minimum atomic E-state index is -0.805. The van der Waals surface area contributed by atoms with Gasteiger partial charge in [0.25, 0.3) is 0 Å². The maximum Gasteiger partial charge on any atom is 0.303 e. The topological polar surface area (TPSA) is 107 Å². The third kappa shape index (κ3) is 10.6. The van der Waals surface area contributed by atoms with Crippen molar-refractivity contribution in [3.8, 4) is 0 Å². The van der Waals surface area contributed by atoms with Gasteiger partial charge in [0.2, 0.25) is 0 Å². The fourth-order valence-corrected chi connectivity index (χ4v) is 2.84. The second-order valence-electron chi connectivity index (χ2n) is 6.92. The average Bonchev–Trinajstić information content (AvgIpc) is 3.03. The summed E-state index contributed by atoms with van der Waals surface area (Å²) in [7, 11) is 0. The van der Waals surface area contributed by atoms with Crippen molar-refractivity contribution >= 4 is 5.97 Å². The van der Waals surface area contributed by atoms with E-state index in [1.165, 1.54) is 0 Å². The summed E-state index contributed by atoms with van der Waals surface area (Å²) in [4.78, 5) is 10.4. The van der Waals surface area contributed by atoms with Gasteiger partial charge >= 0.3 is 5.97 Å². The van der Waals surface area contributed by atoms with Crippen molar-refractivity contribution in [2.24, 2.45) is 0 Å². The summed E-state index contributed by atoms with van der Waals surface area (Å²) < 4.78 is 5.71. The number of carboxylic acid groups (broad SMARTS) is 1. The highest BCUT2D eigenvalue weighted by Crippen LogP contribution is 2.25. The van der Waals surface area contributed by atoms with Crippen molar-refractivity contribution in [3.63, 3.8) is 0 Å². The lowest BCUT2D eigenvalue weighted by Crippen LogP contribution is -2.25. The van der Waals surface area contributed by atoms with Crippen LogP contribution in [0, 0.1) is 0 Å². The fraction of sp³-hybridized carbons (Fsp3) is 0.591. The molecule has 1 fully saturated rings. The molecule has 0 aromatic rings. The molecule has 5 atom stereocenters. The minimum Gasteiger partial charge on any atom is -0.481 e. The standard InChI is InChI=1S/C22H34O6/c1-2-3-8-12-18(24)21-16-19(25)20(28-21)15-14-17(23)11-9-6-4-5-7-10-13-22(26)27/h3,5-9,14-15,17-21,23-25H,2,4,10-13,16H2,1H3,(H,26,27)/b7-5-,8-3-,9-6-,15-14+/t17-,18+,19-,20+,21-/m1/s1. The highest BCUT2D eigenvalue weighted by Gasteiger charge is 2.35. The van der Waals surface area contributed by atoms with Crippen LogP contribution in [0.1, 0.15) is 51.9 Å². The van der Waals surface area contributed by atoms with Gasteiger partial charge in [-0.15, -0.1) is 0 Å². The number of ether oxygens (including phenoxy) is 1. The number of aliphatic hydroxyl groups is 3. The van der Waals surface area contributed by atoms with Crippen molar-refractivity contribution in [2.75, 3.05) is 0 Å². The Hall–Kier alpha value is -1.73. The van der Waals surface area contributed by atoms with Gasteiger partial charge in [-0.25, -0.2) is 0 Å². The van der Waals surface area contributed by atoms with E-state index in [4.69, 9.17) is 9.84 Å². The van der Waals surface area contributed by atoms with Crippen molar-refractivity contribution in [3.05, 3.63) is 48.6 Å². The Bertz CT molecular complexity index is 551. The number of rotatable bonds is 13. The molecular weight excluding hydrogens is 360 g/mol. The van der Waals surface area contributed by atoms with Gasteiger partial charge in [-0.3, -0.25) is 4.79 Å². The van der Waals surface area contributed by atoms with Gasteiger partial charge in [0.15, 0.2) is 0 Å². The third-order valence-corrected chi connectivity index (χ3v) is 4.42. The van der Waals surface area contributed by atoms with Crippen molar-refractivity contribution in [1.29, 1.82) is 0 Å². The second-order valence-corrected chi connectivity index (χ2v) is 6.92. The van der Waals surface area contributed by atoms with Crippen molar-refractivity contribution in [1.82, 2.24) is 0 Å². The molecule has 0 spiro atoms. The molecule has 0 aromatic heterocycles. The summed E-state index contributed by atoms with van der Waals surface area (Å²) in [6.07, 6.45) is 15.3. The molecule has 1 aliphatic rings. The molecule has 0 saturated carbocycles. The maximum atomic E-state index is 10.4. The van der Waals surface area contributed by atoms with E-state index < -0.39 is 36.5 Å². The molecule has 6 nitrogen and oxygen atoms in total. The van der Waals surface area contributed by atoms with Gasteiger partial charge < -0.3 is 25.2 Å². The molecule has 1 saturated heterocycles. The molecule has 4 N–H and O–H groups in total. The third-order valence-electron chi connectivity index (χ3n) is 4.42. The lowest BCUT2D eigenvalue weighted by molar-refractivity contribution is -0.136. The first-order valence-electron chi connectivity index (χ1n) is 9.98. The number of carboxylic acids is 1. The zero-order chi connectivity index (χ0) is 20.8. The molecule has 1 heterocycles. The van der Waals surface area contributed by atoms with E-state index in [1.54, 1.807) is 12.2 Å². The summed E-state index contributed by atoms with van der Waals surface area (Å²) in [5.41, 5.74) is 0. The zero-order valence-electron chi connectivity index (χ0n) is 16.6. The lowest BCUT2D eigenvalue weighted by Gasteiger charge is -2.16. The lowest BCUT2D eigenvalue weighted by atomic mass is 10.0. The molecule has 0 aliphatic carbocycles. The summed E-state index contributed by atoms with van der Waals surface area (Å²) in [5.74, 6) is -0.805. The molecule has 0 radical (unpaired) electrons. The van der Waals surface area contributed by atoms with E-state index >= 15 is 0 Å². The first-order chi connectivity index (χ1) is 13.4. The molecule has 0 unspecified atom stereocenters. The Morgan fingerprint density at radius 1 is 1.11 bits per heavy atom. The van der Waals surface area contributed by atoms with Crippen molar-refractivity contribution in [2.45, 2.75) is 82.4 Å². The van der Waals surface area contributed by atoms with E-state index in [9.17, 15) is 20.1 Å². The van der Waals surface area contributed by atoms with Crippen LogP contribution in [0.5, 0.6) is 0 Å². The highest BCUT2D eigenvalue weighted by molar-refractivity contribution is 5.66. The number of aliphatic hydroxyl groups excluding tert-OH is 3. The Kier molecular flexibility index (Phi) is 12.4. The van der Waals surface area contributed by atoms with Crippen LogP contribution in [0.2, 0.25) is 0 Å². The summed E-state index contributed by atoms with van der Waals surface area (Å²) in [6, 6.07) is 0. The van der Waals surface area contributed by atoms with Gasteiger partial charge in [-0.05, 0) is 32.1 Å². The number of hydrogen-bond acceptors (Lipinski definition) is 5. The highest BCUT2D eigenvalue weighted by atomic mass is 16.5. The van der Waals surface area contributed by atoms with Crippen LogP contribution in [0.15, 0.2) is 48.6 Å². The maximum absolute atomic E-state index is 10.4. The van der Waals surface area contributed by atoms with Gasteiger partial charge in [0.05, 0.1) is 24.4 Å². The van der Waals surface area contributed by atoms with Crippen LogP contribution >= 0.6 is 0 Å². The van der Waals surface area contributed by atoms with Crippen LogP contribution in [0.25, 0.3) is 0 Å². The van der Waals surface area contributed by atoms with Gasteiger partial charge in [-0.2, -0.15) is 0 Å². The SMILES string of the molecule is CC/C=C\C[C@H](O)[C@H]1C[C@@H](O)[C@H](/C=C/[C@H](O)C/C=C\C/C=C\CCC(=O)O)O1. The van der Waals surface area contributed by atoms with Crippen LogP contribution in [-0.4, -0.2) is 56.9 Å². The summed E-state index contributed by atoms with van der Waals surface area (Å²) in [6.45, 7) is 2.03. The molecule has 0 bridgehead atoms. The van der Waals surface area contributed by atoms with Crippen LogP contribution in [-0.2, 0) is 9.53 Å². The summed E-state index contributed by atoms with van der Waals surface area (Å²) in [5, 5.41) is 38.8. The van der Waals surface area contributed by atoms with Gasteiger partial charge in [0, 0.05) is 12.8 Å². The van der Waals surface area contributed by atoms with Crippen LogP contribution < -0.4 is 0 Å². The Morgan fingerprint density at radius 3 is 2.54 bits per heavy atom. The number of allylic oxidation sites excluding steroid dienone is 4. The summed E-state index contributed by atoms with van der Waals surface area (Å²) >= 11 is 0. The molecule has 0 aromatic carbocycles. The minimum absolute atomic E-state index is 0.131. The van der Waals surface area contributed by atoms with Crippen LogP contribution in [0.3, 0.4) is 0 Å². The van der Waals surface area contributed by atoms with E-state index in [0.717, 1.165) is 6.42 Å². The normalized spacial score (nSPS) is 25.5. The number of carbonyl (C=O) groups is 1. The Labute approximate surface area is 167 Å².